The van der Waals surface area contributed by atoms with Gasteiger partial charge in [0, 0.05) is 12.4 Å². The monoisotopic (exact) mass is 200 g/mol. The average molecular weight is 200 g/mol. The Morgan fingerprint density at radius 2 is 2.00 bits per heavy atom. The first-order chi connectivity index (χ1) is 7.29. The number of aromatic nitrogens is 2. The van der Waals surface area contributed by atoms with Crippen LogP contribution in [0.3, 0.4) is 0 Å². The summed E-state index contributed by atoms with van der Waals surface area (Å²) in [5.74, 6) is -0.169. The minimum Gasteiger partial charge on any atom is -0.272 e. The van der Waals surface area contributed by atoms with E-state index in [9.17, 15) is 4.79 Å². The van der Waals surface area contributed by atoms with Gasteiger partial charge in [-0.05, 0) is 18.6 Å². The molecular weight excluding hydrogens is 188 g/mol. The van der Waals surface area contributed by atoms with Crippen LogP contribution < -0.4 is 0 Å². The van der Waals surface area contributed by atoms with Crippen molar-refractivity contribution in [1.29, 1.82) is 0 Å². The Kier molecular flexibility index (Phi) is 2.63. The lowest BCUT2D eigenvalue weighted by molar-refractivity contribution is 0.0868. The van der Waals surface area contributed by atoms with Crippen molar-refractivity contribution in [1.82, 2.24) is 9.78 Å². The molecule has 1 unspecified atom stereocenters. The van der Waals surface area contributed by atoms with E-state index in [1.165, 1.54) is 4.68 Å². The molecular formula is C12H12N2O. The highest BCUT2D eigenvalue weighted by molar-refractivity contribution is 5.84. The summed E-state index contributed by atoms with van der Waals surface area (Å²) in [4.78, 5) is 11.9. The van der Waals surface area contributed by atoms with Crippen molar-refractivity contribution in [3.05, 3.63) is 54.4 Å². The van der Waals surface area contributed by atoms with E-state index >= 15 is 0 Å². The van der Waals surface area contributed by atoms with E-state index < -0.39 is 0 Å². The Bertz CT molecular complexity index is 434. The lowest BCUT2D eigenvalue weighted by atomic mass is 10.0. The average Bonchev–Trinajstić information content (AvgIpc) is 2.82. The highest BCUT2D eigenvalue weighted by Gasteiger charge is 2.16. The van der Waals surface area contributed by atoms with E-state index in [1.54, 1.807) is 18.5 Å². The van der Waals surface area contributed by atoms with Gasteiger partial charge in [-0.2, -0.15) is 5.10 Å². The molecule has 0 aliphatic carbocycles. The van der Waals surface area contributed by atoms with E-state index in [-0.39, 0.29) is 11.8 Å². The van der Waals surface area contributed by atoms with Crippen molar-refractivity contribution in [2.24, 2.45) is 0 Å². The van der Waals surface area contributed by atoms with Crippen molar-refractivity contribution < 1.29 is 4.79 Å². The number of nitrogens with zero attached hydrogens (tertiary/aromatic N) is 2. The molecule has 3 heteroatoms. The summed E-state index contributed by atoms with van der Waals surface area (Å²) in [6.07, 6.45) is 3.28. The van der Waals surface area contributed by atoms with Gasteiger partial charge >= 0.3 is 0 Å². The van der Waals surface area contributed by atoms with Crippen LogP contribution in [0.25, 0.3) is 0 Å². The molecule has 76 valence electrons. The standard InChI is InChI=1S/C12H12N2O/c1-10(11-6-3-2-4-7-11)12(15)14-9-5-8-13-14/h2-10H,1H3. The SMILES string of the molecule is CC(C(=O)n1cccn1)c1ccccc1. The van der Waals surface area contributed by atoms with Gasteiger partial charge in [-0.3, -0.25) is 4.79 Å². The van der Waals surface area contributed by atoms with E-state index in [4.69, 9.17) is 0 Å². The molecule has 0 bridgehead atoms. The zero-order chi connectivity index (χ0) is 10.7. The summed E-state index contributed by atoms with van der Waals surface area (Å²) in [7, 11) is 0. The first-order valence-electron chi connectivity index (χ1n) is 4.88. The summed E-state index contributed by atoms with van der Waals surface area (Å²) < 4.78 is 1.37. The third kappa shape index (κ3) is 1.96. The molecule has 0 amide bonds. The number of carbonyl (C=O) groups is 1. The van der Waals surface area contributed by atoms with Crippen LogP contribution in [0, 0.1) is 0 Å². The summed E-state index contributed by atoms with van der Waals surface area (Å²) in [5, 5.41) is 3.93. The molecule has 0 spiro atoms. The van der Waals surface area contributed by atoms with Crippen LogP contribution in [-0.2, 0) is 0 Å². The minimum absolute atomic E-state index is 0.00815. The van der Waals surface area contributed by atoms with E-state index in [2.05, 4.69) is 5.10 Å². The Morgan fingerprint density at radius 1 is 1.27 bits per heavy atom. The van der Waals surface area contributed by atoms with Crippen LogP contribution in [0.15, 0.2) is 48.8 Å². The molecule has 1 aromatic heterocycles. The minimum atomic E-state index is -0.161. The maximum atomic E-state index is 11.9. The molecule has 3 nitrogen and oxygen atoms in total. The molecule has 0 N–H and O–H groups in total. The maximum absolute atomic E-state index is 11.9. The molecule has 0 aliphatic rings. The normalized spacial score (nSPS) is 12.3. The van der Waals surface area contributed by atoms with Crippen molar-refractivity contribution in [2.75, 3.05) is 0 Å². The van der Waals surface area contributed by atoms with Gasteiger partial charge in [-0.15, -0.1) is 0 Å². The molecule has 2 aromatic rings. The number of rotatable bonds is 2. The second kappa shape index (κ2) is 4.09. The lowest BCUT2D eigenvalue weighted by Crippen LogP contribution is -2.18. The van der Waals surface area contributed by atoms with E-state index in [1.807, 2.05) is 37.3 Å². The smallest absolute Gasteiger partial charge is 0.254 e. The number of hydrogen-bond donors (Lipinski definition) is 0. The van der Waals surface area contributed by atoms with Crippen LogP contribution >= 0.6 is 0 Å². The van der Waals surface area contributed by atoms with Gasteiger partial charge in [0.15, 0.2) is 0 Å². The van der Waals surface area contributed by atoms with Crippen LogP contribution in [0.5, 0.6) is 0 Å². The fourth-order valence-electron chi connectivity index (χ4n) is 1.48. The third-order valence-electron chi connectivity index (χ3n) is 2.40. The number of carbonyl (C=O) groups excluding carboxylic acids is 1. The van der Waals surface area contributed by atoms with Crippen LogP contribution in [0.4, 0.5) is 0 Å². The number of hydrogen-bond acceptors (Lipinski definition) is 2. The highest BCUT2D eigenvalue weighted by Crippen LogP contribution is 2.16. The van der Waals surface area contributed by atoms with E-state index in [0.29, 0.717) is 0 Å². The molecule has 1 heterocycles. The summed E-state index contributed by atoms with van der Waals surface area (Å²) in [6, 6.07) is 11.5. The van der Waals surface area contributed by atoms with Gasteiger partial charge in [-0.1, -0.05) is 30.3 Å². The summed E-state index contributed by atoms with van der Waals surface area (Å²) in [5.41, 5.74) is 1.01. The Labute approximate surface area is 88.4 Å². The predicted octanol–water partition coefficient (Wildman–Crippen LogP) is 2.33. The molecule has 1 atom stereocenters. The Balaban J connectivity index is 2.23. The zero-order valence-corrected chi connectivity index (χ0v) is 8.50. The van der Waals surface area contributed by atoms with Crippen molar-refractivity contribution >= 4 is 5.91 Å². The molecule has 0 saturated carbocycles. The maximum Gasteiger partial charge on any atom is 0.254 e. The van der Waals surface area contributed by atoms with Crippen LogP contribution in [0.1, 0.15) is 23.2 Å². The zero-order valence-electron chi connectivity index (χ0n) is 8.50. The van der Waals surface area contributed by atoms with Gasteiger partial charge in [-0.25, -0.2) is 4.68 Å². The van der Waals surface area contributed by atoms with Crippen LogP contribution in [-0.4, -0.2) is 15.7 Å². The van der Waals surface area contributed by atoms with Crippen molar-refractivity contribution in [3.8, 4) is 0 Å². The molecule has 1 aromatic carbocycles. The third-order valence-corrected chi connectivity index (χ3v) is 2.40. The summed E-state index contributed by atoms with van der Waals surface area (Å²) in [6.45, 7) is 1.89. The second-order valence-electron chi connectivity index (χ2n) is 3.42. The van der Waals surface area contributed by atoms with Crippen molar-refractivity contribution in [2.45, 2.75) is 12.8 Å². The highest BCUT2D eigenvalue weighted by atomic mass is 16.2. The first-order valence-corrected chi connectivity index (χ1v) is 4.88. The summed E-state index contributed by atoms with van der Waals surface area (Å²) >= 11 is 0. The fraction of sp³-hybridized carbons (Fsp3) is 0.167. The van der Waals surface area contributed by atoms with Gasteiger partial charge in [0.05, 0.1) is 5.92 Å². The molecule has 0 radical (unpaired) electrons. The molecule has 0 aliphatic heterocycles. The Hall–Kier alpha value is -1.90. The van der Waals surface area contributed by atoms with Gasteiger partial charge in [0.25, 0.3) is 5.91 Å². The quantitative estimate of drug-likeness (QED) is 0.745. The fourth-order valence-corrected chi connectivity index (χ4v) is 1.48. The predicted molar refractivity (Wildman–Crippen MR) is 57.7 cm³/mol. The molecule has 0 fully saturated rings. The lowest BCUT2D eigenvalue weighted by Gasteiger charge is -2.09. The van der Waals surface area contributed by atoms with E-state index in [0.717, 1.165) is 5.56 Å². The van der Waals surface area contributed by atoms with Crippen molar-refractivity contribution in [3.63, 3.8) is 0 Å². The Morgan fingerprint density at radius 3 is 2.60 bits per heavy atom. The largest absolute Gasteiger partial charge is 0.272 e. The van der Waals surface area contributed by atoms with Crippen LogP contribution in [0.2, 0.25) is 0 Å². The van der Waals surface area contributed by atoms with Gasteiger partial charge in [0.1, 0.15) is 0 Å². The van der Waals surface area contributed by atoms with Gasteiger partial charge in [0.2, 0.25) is 0 Å². The topological polar surface area (TPSA) is 34.9 Å². The van der Waals surface area contributed by atoms with Gasteiger partial charge < -0.3 is 0 Å². The first kappa shape index (κ1) is 9.65. The second-order valence-corrected chi connectivity index (χ2v) is 3.42. The number of benzene rings is 1. The molecule has 0 saturated heterocycles. The molecule has 2 rings (SSSR count). The molecule has 15 heavy (non-hydrogen) atoms.